The third kappa shape index (κ3) is 4.04. The average molecular weight is 373 g/mol. The third-order valence-electron chi connectivity index (χ3n) is 4.54. The van der Waals surface area contributed by atoms with Crippen LogP contribution in [0.2, 0.25) is 0 Å². The van der Waals surface area contributed by atoms with Crippen LogP contribution in [0.1, 0.15) is 35.6 Å². The Morgan fingerprint density at radius 1 is 1.14 bits per heavy atom. The van der Waals surface area contributed by atoms with Crippen LogP contribution in [-0.2, 0) is 0 Å². The summed E-state index contributed by atoms with van der Waals surface area (Å²) >= 11 is 0. The molecule has 3 rings (SSSR count). The summed E-state index contributed by atoms with van der Waals surface area (Å²) in [5, 5.41) is 16.5. The van der Waals surface area contributed by atoms with Crippen molar-refractivity contribution in [2.45, 2.75) is 20.8 Å². The second-order valence-corrected chi connectivity index (χ2v) is 6.42. The average Bonchev–Trinajstić information content (AvgIpc) is 3.12. The minimum absolute atomic E-state index is 0.251. The number of rotatable bonds is 6. The van der Waals surface area contributed by atoms with Crippen LogP contribution in [0.3, 0.4) is 0 Å². The molecular formula is C22H23N5O. The van der Waals surface area contributed by atoms with E-state index in [0.29, 0.717) is 16.9 Å². The number of nitrogens with one attached hydrogen (secondary N) is 1. The minimum atomic E-state index is -0.251. The van der Waals surface area contributed by atoms with Gasteiger partial charge >= 0.3 is 0 Å². The minimum Gasteiger partial charge on any atom is -0.372 e. The van der Waals surface area contributed by atoms with Crippen LogP contribution < -0.4 is 10.2 Å². The second kappa shape index (κ2) is 8.40. The molecule has 0 atom stereocenters. The van der Waals surface area contributed by atoms with Gasteiger partial charge in [0.2, 0.25) is 0 Å². The van der Waals surface area contributed by atoms with Gasteiger partial charge in [-0.05, 0) is 69.3 Å². The molecule has 1 N–H and O–H groups in total. The number of amides is 1. The summed E-state index contributed by atoms with van der Waals surface area (Å²) in [6, 6.07) is 18.7. The van der Waals surface area contributed by atoms with Crippen molar-refractivity contribution in [3.05, 3.63) is 71.5 Å². The maximum Gasteiger partial charge on any atom is 0.274 e. The number of benzene rings is 2. The number of hydrogen-bond acceptors (Lipinski definition) is 4. The predicted molar refractivity (Wildman–Crippen MR) is 111 cm³/mol. The quantitative estimate of drug-likeness (QED) is 0.704. The number of carbonyl (C=O) groups excluding carboxylic acids is 1. The zero-order chi connectivity index (χ0) is 20.1. The summed E-state index contributed by atoms with van der Waals surface area (Å²) in [5.41, 5.74) is 4.18. The first kappa shape index (κ1) is 19.2. The zero-order valence-electron chi connectivity index (χ0n) is 16.3. The van der Waals surface area contributed by atoms with E-state index < -0.39 is 0 Å². The van der Waals surface area contributed by atoms with Crippen LogP contribution in [-0.4, -0.2) is 28.8 Å². The fourth-order valence-corrected chi connectivity index (χ4v) is 3.10. The molecule has 1 heterocycles. The smallest absolute Gasteiger partial charge is 0.274 e. The molecular weight excluding hydrogens is 350 g/mol. The third-order valence-corrected chi connectivity index (χ3v) is 4.54. The van der Waals surface area contributed by atoms with Crippen LogP contribution in [0.4, 0.5) is 11.4 Å². The van der Waals surface area contributed by atoms with Gasteiger partial charge in [-0.15, -0.1) is 0 Å². The fourth-order valence-electron chi connectivity index (χ4n) is 3.10. The van der Waals surface area contributed by atoms with Gasteiger partial charge in [-0.2, -0.15) is 10.4 Å². The largest absolute Gasteiger partial charge is 0.372 e. The highest BCUT2D eigenvalue weighted by molar-refractivity contribution is 6.03. The van der Waals surface area contributed by atoms with Gasteiger partial charge in [-0.1, -0.05) is 6.07 Å². The number of hydrogen-bond donors (Lipinski definition) is 1. The molecule has 1 aromatic heterocycles. The lowest BCUT2D eigenvalue weighted by atomic mass is 10.2. The standard InChI is InChI=1S/C22H23N5O/c1-4-26(5-2)19-11-9-18(10-12-19)24-22(28)21-13-16(3)25-27(21)20-8-6-7-17(14-20)15-23/h6-14H,4-5H2,1-3H3,(H,24,28). The highest BCUT2D eigenvalue weighted by atomic mass is 16.2. The number of nitriles is 1. The SMILES string of the molecule is CCN(CC)c1ccc(NC(=O)c2cc(C)nn2-c2cccc(C#N)c2)cc1. The molecule has 0 spiro atoms. The Kier molecular flexibility index (Phi) is 5.75. The summed E-state index contributed by atoms with van der Waals surface area (Å²) in [4.78, 5) is 15.1. The number of aromatic nitrogens is 2. The summed E-state index contributed by atoms with van der Waals surface area (Å²) < 4.78 is 1.57. The molecule has 6 nitrogen and oxygen atoms in total. The molecule has 0 saturated carbocycles. The highest BCUT2D eigenvalue weighted by Gasteiger charge is 2.16. The van der Waals surface area contributed by atoms with Gasteiger partial charge in [0.15, 0.2) is 0 Å². The van der Waals surface area contributed by atoms with Gasteiger partial charge < -0.3 is 10.2 Å². The Labute approximate surface area is 165 Å². The van der Waals surface area contributed by atoms with Crippen molar-refractivity contribution in [1.82, 2.24) is 9.78 Å². The summed E-state index contributed by atoms with van der Waals surface area (Å²) in [5.74, 6) is -0.251. The summed E-state index contributed by atoms with van der Waals surface area (Å²) in [6.07, 6.45) is 0. The number of aryl methyl sites for hydroxylation is 1. The monoisotopic (exact) mass is 373 g/mol. The number of carbonyl (C=O) groups is 1. The molecule has 0 fully saturated rings. The summed E-state index contributed by atoms with van der Waals surface area (Å²) in [7, 11) is 0. The van der Waals surface area contributed by atoms with Crippen LogP contribution in [0.25, 0.3) is 5.69 Å². The molecule has 0 radical (unpaired) electrons. The van der Waals surface area contributed by atoms with Crippen molar-refractivity contribution >= 4 is 17.3 Å². The molecule has 0 bridgehead atoms. The molecule has 0 unspecified atom stereocenters. The normalized spacial score (nSPS) is 10.4. The lowest BCUT2D eigenvalue weighted by molar-refractivity contribution is 0.101. The Balaban J connectivity index is 1.85. The van der Waals surface area contributed by atoms with Gasteiger partial charge in [-0.25, -0.2) is 4.68 Å². The van der Waals surface area contributed by atoms with E-state index in [4.69, 9.17) is 5.26 Å². The van der Waals surface area contributed by atoms with E-state index in [1.165, 1.54) is 0 Å². The molecule has 0 saturated heterocycles. The highest BCUT2D eigenvalue weighted by Crippen LogP contribution is 2.20. The van der Waals surface area contributed by atoms with Gasteiger partial charge in [0.05, 0.1) is 23.0 Å². The van der Waals surface area contributed by atoms with Crippen LogP contribution >= 0.6 is 0 Å². The van der Waals surface area contributed by atoms with E-state index in [1.807, 2.05) is 37.3 Å². The van der Waals surface area contributed by atoms with E-state index in [1.54, 1.807) is 28.9 Å². The molecule has 2 aromatic carbocycles. The fraction of sp³-hybridized carbons (Fsp3) is 0.227. The molecule has 0 aliphatic heterocycles. The van der Waals surface area contributed by atoms with Crippen molar-refractivity contribution in [2.24, 2.45) is 0 Å². The van der Waals surface area contributed by atoms with Crippen LogP contribution in [0.15, 0.2) is 54.6 Å². The molecule has 3 aromatic rings. The Morgan fingerprint density at radius 2 is 1.86 bits per heavy atom. The Hall–Kier alpha value is -3.59. The first-order valence-electron chi connectivity index (χ1n) is 9.29. The van der Waals surface area contributed by atoms with Crippen LogP contribution in [0, 0.1) is 18.3 Å². The lowest BCUT2D eigenvalue weighted by Crippen LogP contribution is -2.21. The Bertz CT molecular complexity index is 1010. The van der Waals surface area contributed by atoms with E-state index in [9.17, 15) is 4.79 Å². The van der Waals surface area contributed by atoms with Gasteiger partial charge in [-0.3, -0.25) is 4.79 Å². The maximum absolute atomic E-state index is 12.9. The predicted octanol–water partition coefficient (Wildman–Crippen LogP) is 4.15. The molecule has 1 amide bonds. The van der Waals surface area contributed by atoms with Gasteiger partial charge in [0.1, 0.15) is 5.69 Å². The molecule has 6 heteroatoms. The Morgan fingerprint density at radius 3 is 2.50 bits per heavy atom. The zero-order valence-corrected chi connectivity index (χ0v) is 16.3. The van der Waals surface area contributed by atoms with Crippen molar-refractivity contribution in [1.29, 1.82) is 5.26 Å². The lowest BCUT2D eigenvalue weighted by Gasteiger charge is -2.21. The first-order valence-corrected chi connectivity index (χ1v) is 9.29. The molecule has 142 valence electrons. The van der Waals surface area contributed by atoms with Crippen molar-refractivity contribution in [3.63, 3.8) is 0 Å². The summed E-state index contributed by atoms with van der Waals surface area (Å²) in [6.45, 7) is 7.93. The van der Waals surface area contributed by atoms with Crippen molar-refractivity contribution in [3.8, 4) is 11.8 Å². The molecule has 0 aliphatic carbocycles. The topological polar surface area (TPSA) is 74.0 Å². The maximum atomic E-state index is 12.9. The molecule has 0 aliphatic rings. The van der Waals surface area contributed by atoms with E-state index in [0.717, 1.165) is 30.2 Å². The van der Waals surface area contributed by atoms with Gasteiger partial charge in [0.25, 0.3) is 5.91 Å². The van der Waals surface area contributed by atoms with Crippen LogP contribution in [0.5, 0.6) is 0 Å². The van der Waals surface area contributed by atoms with E-state index in [-0.39, 0.29) is 5.91 Å². The van der Waals surface area contributed by atoms with Crippen molar-refractivity contribution in [2.75, 3.05) is 23.3 Å². The second-order valence-electron chi connectivity index (χ2n) is 6.42. The number of anilines is 2. The van der Waals surface area contributed by atoms with E-state index in [2.05, 4.69) is 35.2 Å². The number of nitrogens with zero attached hydrogens (tertiary/aromatic N) is 4. The molecule has 28 heavy (non-hydrogen) atoms. The first-order chi connectivity index (χ1) is 13.5. The van der Waals surface area contributed by atoms with Gasteiger partial charge in [0, 0.05) is 24.5 Å². The van der Waals surface area contributed by atoms with E-state index >= 15 is 0 Å². The van der Waals surface area contributed by atoms with Crippen molar-refractivity contribution < 1.29 is 4.79 Å².